The maximum absolute atomic E-state index is 11.0. The van der Waals surface area contributed by atoms with Crippen LogP contribution in [0.25, 0.3) is 0 Å². The van der Waals surface area contributed by atoms with Crippen LogP contribution in [0.4, 0.5) is 0 Å². The van der Waals surface area contributed by atoms with Crippen molar-refractivity contribution in [2.24, 2.45) is 0 Å². The first-order chi connectivity index (χ1) is 4.88. The third kappa shape index (κ3) is 1.44. The molecule has 0 radical (unpaired) electrons. The summed E-state index contributed by atoms with van der Waals surface area (Å²) in [5.41, 5.74) is 1.93. The molecule has 4 heteroatoms. The van der Waals surface area contributed by atoms with Gasteiger partial charge in [-0.25, -0.2) is 0 Å². The predicted molar refractivity (Wildman–Crippen MR) is 44.8 cm³/mol. The van der Waals surface area contributed by atoms with E-state index >= 15 is 0 Å². The quantitative estimate of drug-likeness (QED) is 0.545. The zero-order valence-corrected chi connectivity index (χ0v) is 6.42. The first-order valence-electron chi connectivity index (χ1n) is 3.24. The van der Waals surface area contributed by atoms with Gasteiger partial charge >= 0.3 is 0 Å². The van der Waals surface area contributed by atoms with Crippen molar-refractivity contribution in [3.05, 3.63) is 35.4 Å². The van der Waals surface area contributed by atoms with Crippen molar-refractivity contribution < 1.29 is 15.7 Å². The van der Waals surface area contributed by atoms with Crippen molar-refractivity contribution in [1.29, 1.82) is 0 Å². The zero-order valence-electron chi connectivity index (χ0n) is 6.42. The van der Waals surface area contributed by atoms with Gasteiger partial charge in [0.1, 0.15) is 0 Å². The van der Waals surface area contributed by atoms with Crippen LogP contribution in [-0.4, -0.2) is 16.9 Å². The maximum atomic E-state index is 11.0. The molecule has 0 atom stereocenters. The van der Waals surface area contributed by atoms with Crippen molar-refractivity contribution in [3.63, 3.8) is 0 Å². The molecule has 0 bridgehead atoms. The second-order valence-corrected chi connectivity index (χ2v) is 2.34. The molecule has 0 saturated carbocycles. The first kappa shape index (κ1) is 10.6. The Kier molecular flexibility index (Phi) is 3.40. The summed E-state index contributed by atoms with van der Waals surface area (Å²) in [7, 11) is 0. The Morgan fingerprint density at radius 2 is 1.83 bits per heavy atom. The number of carbonyl (C=O) groups excluding carboxylic acids is 1. The molecular weight excluding hydrogens is 158 g/mol. The van der Waals surface area contributed by atoms with Gasteiger partial charge in [0.2, 0.25) is 0 Å². The SMILES string of the molecule is O.O.O=C1NCc2ccccc21. The summed E-state index contributed by atoms with van der Waals surface area (Å²) in [6, 6.07) is 7.63. The van der Waals surface area contributed by atoms with Gasteiger partial charge in [-0.05, 0) is 11.6 Å². The van der Waals surface area contributed by atoms with Gasteiger partial charge < -0.3 is 16.3 Å². The Morgan fingerprint density at radius 1 is 1.17 bits per heavy atom. The number of fused-ring (bicyclic) bond motifs is 1. The number of hydrogen-bond acceptors (Lipinski definition) is 1. The van der Waals surface area contributed by atoms with Gasteiger partial charge in [0, 0.05) is 12.1 Å². The summed E-state index contributed by atoms with van der Waals surface area (Å²) in [5, 5.41) is 2.75. The van der Waals surface area contributed by atoms with Crippen molar-refractivity contribution in [3.8, 4) is 0 Å². The van der Waals surface area contributed by atoms with Crippen LogP contribution >= 0.6 is 0 Å². The highest BCUT2D eigenvalue weighted by Gasteiger charge is 2.16. The molecule has 0 aromatic heterocycles. The van der Waals surface area contributed by atoms with Gasteiger partial charge in [-0.2, -0.15) is 0 Å². The maximum Gasteiger partial charge on any atom is 0.251 e. The van der Waals surface area contributed by atoms with Gasteiger partial charge in [0.25, 0.3) is 5.91 Å². The van der Waals surface area contributed by atoms with E-state index in [0.717, 1.165) is 11.1 Å². The van der Waals surface area contributed by atoms with Crippen LogP contribution in [0.5, 0.6) is 0 Å². The van der Waals surface area contributed by atoms with Gasteiger partial charge in [-0.1, -0.05) is 18.2 Å². The topological polar surface area (TPSA) is 92.1 Å². The van der Waals surface area contributed by atoms with Crippen LogP contribution in [0.1, 0.15) is 15.9 Å². The van der Waals surface area contributed by atoms with E-state index in [1.54, 1.807) is 0 Å². The molecule has 0 spiro atoms. The Hall–Kier alpha value is -1.39. The van der Waals surface area contributed by atoms with Gasteiger partial charge in [0.15, 0.2) is 0 Å². The molecule has 4 nitrogen and oxygen atoms in total. The van der Waals surface area contributed by atoms with E-state index in [0.29, 0.717) is 6.54 Å². The number of amides is 1. The third-order valence-electron chi connectivity index (χ3n) is 1.70. The summed E-state index contributed by atoms with van der Waals surface area (Å²) in [6.45, 7) is 0.689. The number of benzene rings is 1. The van der Waals surface area contributed by atoms with Crippen LogP contribution in [-0.2, 0) is 6.54 Å². The molecule has 0 fully saturated rings. The molecule has 1 heterocycles. The minimum atomic E-state index is 0. The lowest BCUT2D eigenvalue weighted by atomic mass is 10.1. The summed E-state index contributed by atoms with van der Waals surface area (Å²) in [5.74, 6) is 0.0515. The van der Waals surface area contributed by atoms with Crippen LogP contribution < -0.4 is 5.32 Å². The van der Waals surface area contributed by atoms with Crippen LogP contribution in [0, 0.1) is 0 Å². The zero-order chi connectivity index (χ0) is 6.97. The lowest BCUT2D eigenvalue weighted by Gasteiger charge is -1.89. The molecule has 0 saturated heterocycles. The Bertz CT molecular complexity index is 285. The molecule has 1 aromatic rings. The third-order valence-corrected chi connectivity index (χ3v) is 1.70. The van der Waals surface area contributed by atoms with E-state index in [-0.39, 0.29) is 16.9 Å². The van der Waals surface area contributed by atoms with Crippen molar-refractivity contribution in [2.45, 2.75) is 6.54 Å². The fourth-order valence-corrected chi connectivity index (χ4v) is 1.17. The van der Waals surface area contributed by atoms with E-state index < -0.39 is 0 Å². The normalized spacial score (nSPS) is 12.2. The van der Waals surface area contributed by atoms with Crippen LogP contribution in [0.3, 0.4) is 0 Å². The number of nitrogens with one attached hydrogen (secondary N) is 1. The van der Waals surface area contributed by atoms with Crippen molar-refractivity contribution in [2.75, 3.05) is 0 Å². The molecule has 66 valence electrons. The highest BCUT2D eigenvalue weighted by molar-refractivity contribution is 5.98. The highest BCUT2D eigenvalue weighted by atomic mass is 16.1. The molecule has 5 N–H and O–H groups in total. The Labute approximate surface area is 69.8 Å². The molecule has 1 aromatic carbocycles. The molecule has 1 aliphatic rings. The van der Waals surface area contributed by atoms with E-state index in [2.05, 4.69) is 5.32 Å². The fraction of sp³-hybridized carbons (Fsp3) is 0.125. The number of carbonyl (C=O) groups is 1. The highest BCUT2D eigenvalue weighted by Crippen LogP contribution is 2.13. The minimum absolute atomic E-state index is 0. The number of hydrogen-bond donors (Lipinski definition) is 1. The molecule has 1 amide bonds. The lowest BCUT2D eigenvalue weighted by molar-refractivity contribution is 0.0966. The molecular formula is C8H11NO3. The summed E-state index contributed by atoms with van der Waals surface area (Å²) >= 11 is 0. The summed E-state index contributed by atoms with van der Waals surface area (Å²) < 4.78 is 0. The predicted octanol–water partition coefficient (Wildman–Crippen LogP) is -0.719. The second-order valence-electron chi connectivity index (χ2n) is 2.34. The summed E-state index contributed by atoms with van der Waals surface area (Å²) in [6.07, 6.45) is 0. The monoisotopic (exact) mass is 169 g/mol. The second kappa shape index (κ2) is 3.85. The van der Waals surface area contributed by atoms with Crippen LogP contribution in [0.15, 0.2) is 24.3 Å². The van der Waals surface area contributed by atoms with Gasteiger partial charge in [0.05, 0.1) is 0 Å². The molecule has 0 aliphatic carbocycles. The van der Waals surface area contributed by atoms with E-state index in [1.807, 2.05) is 24.3 Å². The molecule has 1 aliphatic heterocycles. The Balaban J connectivity index is 0.000000605. The van der Waals surface area contributed by atoms with Crippen molar-refractivity contribution in [1.82, 2.24) is 5.32 Å². The van der Waals surface area contributed by atoms with Gasteiger partial charge in [-0.15, -0.1) is 0 Å². The number of rotatable bonds is 0. The minimum Gasteiger partial charge on any atom is -0.412 e. The fourth-order valence-electron chi connectivity index (χ4n) is 1.17. The lowest BCUT2D eigenvalue weighted by Crippen LogP contribution is -2.12. The molecule has 2 rings (SSSR count). The largest absolute Gasteiger partial charge is 0.412 e. The van der Waals surface area contributed by atoms with E-state index in [4.69, 9.17) is 0 Å². The van der Waals surface area contributed by atoms with Crippen LogP contribution in [0.2, 0.25) is 0 Å². The summed E-state index contributed by atoms with van der Waals surface area (Å²) in [4.78, 5) is 11.0. The average Bonchev–Trinajstić information content (AvgIpc) is 2.34. The van der Waals surface area contributed by atoms with E-state index in [1.165, 1.54) is 0 Å². The average molecular weight is 169 g/mol. The standard InChI is InChI=1S/C8H7NO.2H2O/c10-8-7-4-2-1-3-6(7)5-9-8;;/h1-4H,5H2,(H,9,10);2*1H2. The smallest absolute Gasteiger partial charge is 0.251 e. The van der Waals surface area contributed by atoms with E-state index in [9.17, 15) is 4.79 Å². The van der Waals surface area contributed by atoms with Crippen molar-refractivity contribution >= 4 is 5.91 Å². The van der Waals surface area contributed by atoms with Gasteiger partial charge in [-0.3, -0.25) is 4.79 Å². The molecule has 0 unspecified atom stereocenters. The first-order valence-corrected chi connectivity index (χ1v) is 3.24. The Morgan fingerprint density at radius 3 is 2.50 bits per heavy atom. The molecule has 12 heavy (non-hydrogen) atoms.